The molecular weight excluding hydrogens is 282 g/mol. The van der Waals surface area contributed by atoms with E-state index in [2.05, 4.69) is 10.6 Å². The third-order valence-corrected chi connectivity index (χ3v) is 2.61. The molecule has 1 aliphatic heterocycles. The first kappa shape index (κ1) is 18.5. The first-order chi connectivity index (χ1) is 8.44. The first-order valence-corrected chi connectivity index (χ1v) is 5.93. The van der Waals surface area contributed by atoms with Crippen LogP contribution in [0.1, 0.15) is 13.3 Å². The van der Waals surface area contributed by atoms with E-state index in [1.807, 2.05) is 0 Å². The second kappa shape index (κ2) is 8.63. The van der Waals surface area contributed by atoms with Gasteiger partial charge in [-0.25, -0.2) is 8.78 Å². The lowest BCUT2D eigenvalue weighted by molar-refractivity contribution is -0.124. The SMILES string of the molecule is COCCOCC(C)NC(=O)C1CC(F)(F)CN1.Cl. The molecule has 2 unspecified atom stereocenters. The van der Waals surface area contributed by atoms with Crippen molar-refractivity contribution >= 4 is 18.3 Å². The van der Waals surface area contributed by atoms with Crippen LogP contribution in [0, 0.1) is 0 Å². The third-order valence-electron chi connectivity index (χ3n) is 2.61. The minimum absolute atomic E-state index is 0. The van der Waals surface area contributed by atoms with E-state index in [1.165, 1.54) is 0 Å². The molecule has 19 heavy (non-hydrogen) atoms. The Morgan fingerprint density at radius 1 is 1.53 bits per heavy atom. The molecule has 1 amide bonds. The van der Waals surface area contributed by atoms with Crippen LogP contribution in [-0.2, 0) is 14.3 Å². The number of hydrogen-bond donors (Lipinski definition) is 2. The summed E-state index contributed by atoms with van der Waals surface area (Å²) in [4.78, 5) is 11.6. The molecule has 0 saturated carbocycles. The Morgan fingerprint density at radius 2 is 2.21 bits per heavy atom. The molecule has 5 nitrogen and oxygen atoms in total. The average Bonchev–Trinajstić information content (AvgIpc) is 2.65. The summed E-state index contributed by atoms with van der Waals surface area (Å²) in [6.45, 7) is 2.58. The zero-order valence-electron chi connectivity index (χ0n) is 11.1. The molecule has 114 valence electrons. The predicted octanol–water partition coefficient (Wildman–Crippen LogP) is 0.573. The average molecular weight is 303 g/mol. The number of nitrogens with one attached hydrogen (secondary N) is 2. The third kappa shape index (κ3) is 7.00. The number of amides is 1. The van der Waals surface area contributed by atoms with E-state index in [9.17, 15) is 13.6 Å². The summed E-state index contributed by atoms with van der Waals surface area (Å²) in [5.41, 5.74) is 0. The monoisotopic (exact) mass is 302 g/mol. The highest BCUT2D eigenvalue weighted by Gasteiger charge is 2.42. The van der Waals surface area contributed by atoms with Gasteiger partial charge in [0.15, 0.2) is 0 Å². The molecule has 1 saturated heterocycles. The van der Waals surface area contributed by atoms with Gasteiger partial charge in [0.1, 0.15) is 0 Å². The molecule has 1 heterocycles. The standard InChI is InChI=1S/C11H20F2N2O3.ClH/c1-8(6-18-4-3-17-2)15-10(16)9-5-11(12,13)7-14-9;/h8-9,14H,3-7H2,1-2H3,(H,15,16);1H. The molecule has 0 aromatic heterocycles. The number of carbonyl (C=O) groups excluding carboxylic acids is 1. The van der Waals surface area contributed by atoms with E-state index in [0.29, 0.717) is 19.8 Å². The van der Waals surface area contributed by atoms with Crippen LogP contribution in [-0.4, -0.2) is 57.4 Å². The van der Waals surface area contributed by atoms with E-state index in [0.717, 1.165) is 0 Å². The Bertz CT molecular complexity index is 283. The number of alkyl halides is 2. The van der Waals surface area contributed by atoms with Crippen molar-refractivity contribution in [3.63, 3.8) is 0 Å². The molecule has 1 aliphatic rings. The van der Waals surface area contributed by atoms with E-state index in [-0.39, 0.29) is 18.4 Å². The van der Waals surface area contributed by atoms with Gasteiger partial charge in [0.05, 0.1) is 32.4 Å². The van der Waals surface area contributed by atoms with Gasteiger partial charge in [-0.15, -0.1) is 12.4 Å². The van der Waals surface area contributed by atoms with Gasteiger partial charge in [-0.2, -0.15) is 0 Å². The number of rotatable bonds is 7. The van der Waals surface area contributed by atoms with Crippen LogP contribution in [0.2, 0.25) is 0 Å². The van der Waals surface area contributed by atoms with E-state index >= 15 is 0 Å². The largest absolute Gasteiger partial charge is 0.382 e. The number of ether oxygens (including phenoxy) is 2. The zero-order valence-corrected chi connectivity index (χ0v) is 11.9. The molecule has 0 bridgehead atoms. The molecule has 0 aliphatic carbocycles. The van der Waals surface area contributed by atoms with Crippen LogP contribution in [0.25, 0.3) is 0 Å². The van der Waals surface area contributed by atoms with Crippen molar-refractivity contribution in [2.24, 2.45) is 0 Å². The van der Waals surface area contributed by atoms with Crippen molar-refractivity contribution in [3.8, 4) is 0 Å². The fourth-order valence-electron chi connectivity index (χ4n) is 1.69. The zero-order chi connectivity index (χ0) is 13.6. The Labute approximate surface area is 117 Å². The van der Waals surface area contributed by atoms with Crippen LogP contribution < -0.4 is 10.6 Å². The Morgan fingerprint density at radius 3 is 2.74 bits per heavy atom. The highest BCUT2D eigenvalue weighted by Crippen LogP contribution is 2.25. The second-order valence-corrected chi connectivity index (χ2v) is 4.47. The van der Waals surface area contributed by atoms with Gasteiger partial charge in [-0.1, -0.05) is 0 Å². The maximum atomic E-state index is 12.9. The van der Waals surface area contributed by atoms with Gasteiger partial charge in [-0.05, 0) is 6.92 Å². The Balaban J connectivity index is 0.00000324. The molecular formula is C11H21ClF2N2O3. The van der Waals surface area contributed by atoms with Crippen LogP contribution in [0.15, 0.2) is 0 Å². The van der Waals surface area contributed by atoms with Crippen LogP contribution in [0.4, 0.5) is 8.78 Å². The highest BCUT2D eigenvalue weighted by molar-refractivity contribution is 5.85. The molecule has 0 radical (unpaired) electrons. The normalized spacial score (nSPS) is 22.6. The second-order valence-electron chi connectivity index (χ2n) is 4.47. The summed E-state index contributed by atoms with van der Waals surface area (Å²) in [5, 5.41) is 5.14. The van der Waals surface area contributed by atoms with Crippen LogP contribution in [0.5, 0.6) is 0 Å². The number of carbonyl (C=O) groups is 1. The van der Waals surface area contributed by atoms with E-state index < -0.39 is 30.8 Å². The molecule has 1 rings (SSSR count). The summed E-state index contributed by atoms with van der Waals surface area (Å²) < 4.78 is 35.8. The van der Waals surface area contributed by atoms with Crippen molar-refractivity contribution in [1.29, 1.82) is 0 Å². The maximum absolute atomic E-state index is 12.9. The number of methoxy groups -OCH3 is 1. The van der Waals surface area contributed by atoms with Crippen molar-refractivity contribution in [2.75, 3.05) is 33.5 Å². The minimum atomic E-state index is -2.79. The summed E-state index contributed by atoms with van der Waals surface area (Å²) in [6, 6.07) is -1.04. The van der Waals surface area contributed by atoms with Crippen molar-refractivity contribution in [3.05, 3.63) is 0 Å². The Kier molecular flexibility index (Phi) is 8.40. The van der Waals surface area contributed by atoms with E-state index in [4.69, 9.17) is 9.47 Å². The number of hydrogen-bond acceptors (Lipinski definition) is 4. The van der Waals surface area contributed by atoms with Gasteiger partial charge in [-0.3, -0.25) is 10.1 Å². The molecule has 0 spiro atoms. The minimum Gasteiger partial charge on any atom is -0.382 e. The Hall–Kier alpha value is -0.500. The van der Waals surface area contributed by atoms with Crippen LogP contribution in [0.3, 0.4) is 0 Å². The summed E-state index contributed by atoms with van der Waals surface area (Å²) in [5.74, 6) is -3.20. The van der Waals surface area contributed by atoms with E-state index in [1.54, 1.807) is 14.0 Å². The van der Waals surface area contributed by atoms with Crippen LogP contribution >= 0.6 is 12.4 Å². The van der Waals surface area contributed by atoms with Gasteiger partial charge in [0.25, 0.3) is 5.92 Å². The smallest absolute Gasteiger partial charge is 0.262 e. The molecule has 0 aromatic rings. The topological polar surface area (TPSA) is 59.6 Å². The lowest BCUT2D eigenvalue weighted by Crippen LogP contribution is -2.45. The van der Waals surface area contributed by atoms with Gasteiger partial charge < -0.3 is 14.8 Å². The summed E-state index contributed by atoms with van der Waals surface area (Å²) >= 11 is 0. The van der Waals surface area contributed by atoms with Gasteiger partial charge in [0.2, 0.25) is 5.91 Å². The molecule has 2 N–H and O–H groups in total. The molecule has 0 aromatic carbocycles. The first-order valence-electron chi connectivity index (χ1n) is 5.93. The van der Waals surface area contributed by atoms with Gasteiger partial charge in [0, 0.05) is 19.6 Å². The molecule has 2 atom stereocenters. The summed E-state index contributed by atoms with van der Waals surface area (Å²) in [6.07, 6.45) is -0.448. The maximum Gasteiger partial charge on any atom is 0.262 e. The number of halogens is 3. The highest BCUT2D eigenvalue weighted by atomic mass is 35.5. The van der Waals surface area contributed by atoms with Gasteiger partial charge >= 0.3 is 0 Å². The lowest BCUT2D eigenvalue weighted by Gasteiger charge is -2.17. The fraction of sp³-hybridized carbons (Fsp3) is 0.909. The lowest BCUT2D eigenvalue weighted by atomic mass is 10.1. The van der Waals surface area contributed by atoms with Crippen molar-refractivity contribution in [1.82, 2.24) is 10.6 Å². The van der Waals surface area contributed by atoms with Crippen molar-refractivity contribution in [2.45, 2.75) is 31.4 Å². The van der Waals surface area contributed by atoms with Crippen molar-refractivity contribution < 1.29 is 23.0 Å². The molecule has 8 heteroatoms. The fourth-order valence-corrected chi connectivity index (χ4v) is 1.69. The molecule has 1 fully saturated rings. The predicted molar refractivity (Wildman–Crippen MR) is 68.9 cm³/mol. The summed E-state index contributed by atoms with van der Waals surface area (Å²) in [7, 11) is 1.57. The quantitative estimate of drug-likeness (QED) is 0.675.